The van der Waals surface area contributed by atoms with Gasteiger partial charge in [0, 0.05) is 51.9 Å². The molecule has 21 heavy (non-hydrogen) atoms. The van der Waals surface area contributed by atoms with Gasteiger partial charge < -0.3 is 14.9 Å². The lowest BCUT2D eigenvalue weighted by Crippen LogP contribution is -2.48. The van der Waals surface area contributed by atoms with Gasteiger partial charge in [0.25, 0.3) is 0 Å². The van der Waals surface area contributed by atoms with Gasteiger partial charge in [-0.1, -0.05) is 0 Å². The standard InChI is InChI=1S/C15H23F2N3O/c1-18(10-11-21)4-5-19-6-8-20(9-7-19)15-3-2-13(16)12-14(15)17/h2-3,12,21H,4-11H2,1H3. The number of halogens is 2. The Morgan fingerprint density at radius 1 is 1.14 bits per heavy atom. The van der Waals surface area contributed by atoms with Crippen molar-refractivity contribution >= 4 is 5.69 Å². The van der Waals surface area contributed by atoms with Crippen molar-refractivity contribution in [3.05, 3.63) is 29.8 Å². The Hall–Kier alpha value is -1.24. The van der Waals surface area contributed by atoms with E-state index in [9.17, 15) is 8.78 Å². The van der Waals surface area contributed by atoms with Gasteiger partial charge >= 0.3 is 0 Å². The van der Waals surface area contributed by atoms with Crippen molar-refractivity contribution in [3.63, 3.8) is 0 Å². The Balaban J connectivity index is 1.80. The minimum absolute atomic E-state index is 0.175. The Labute approximate surface area is 124 Å². The first kappa shape index (κ1) is 16.1. The van der Waals surface area contributed by atoms with Crippen LogP contribution >= 0.6 is 0 Å². The maximum atomic E-state index is 13.7. The molecule has 0 aromatic heterocycles. The highest BCUT2D eigenvalue weighted by atomic mass is 19.1. The minimum Gasteiger partial charge on any atom is -0.395 e. The number of aliphatic hydroxyl groups excluding tert-OH is 1. The molecular formula is C15H23F2N3O. The highest BCUT2D eigenvalue weighted by Gasteiger charge is 2.19. The summed E-state index contributed by atoms with van der Waals surface area (Å²) in [5.74, 6) is -1.03. The van der Waals surface area contributed by atoms with Gasteiger partial charge in [-0.15, -0.1) is 0 Å². The molecule has 1 heterocycles. The van der Waals surface area contributed by atoms with Gasteiger partial charge in [-0.2, -0.15) is 0 Å². The summed E-state index contributed by atoms with van der Waals surface area (Å²) in [4.78, 5) is 6.38. The molecule has 0 saturated carbocycles. The summed E-state index contributed by atoms with van der Waals surface area (Å²) < 4.78 is 26.7. The number of rotatable bonds is 6. The van der Waals surface area contributed by atoms with E-state index in [-0.39, 0.29) is 6.61 Å². The quantitative estimate of drug-likeness (QED) is 0.849. The molecule has 6 heteroatoms. The number of aliphatic hydroxyl groups is 1. The van der Waals surface area contributed by atoms with E-state index in [1.54, 1.807) is 0 Å². The van der Waals surface area contributed by atoms with Crippen molar-refractivity contribution in [3.8, 4) is 0 Å². The first-order valence-electron chi connectivity index (χ1n) is 7.32. The van der Waals surface area contributed by atoms with Crippen molar-refractivity contribution in [2.24, 2.45) is 0 Å². The summed E-state index contributed by atoms with van der Waals surface area (Å²) in [7, 11) is 1.99. The summed E-state index contributed by atoms with van der Waals surface area (Å²) in [6.45, 7) is 5.92. The van der Waals surface area contributed by atoms with E-state index in [4.69, 9.17) is 5.11 Å². The van der Waals surface area contributed by atoms with Crippen LogP contribution in [0, 0.1) is 11.6 Å². The fourth-order valence-corrected chi connectivity index (χ4v) is 2.54. The molecule has 0 unspecified atom stereocenters. The van der Waals surface area contributed by atoms with Crippen LogP contribution in [0.4, 0.5) is 14.5 Å². The van der Waals surface area contributed by atoms with E-state index in [0.717, 1.165) is 45.3 Å². The van der Waals surface area contributed by atoms with E-state index in [2.05, 4.69) is 9.80 Å². The first-order chi connectivity index (χ1) is 10.1. The van der Waals surface area contributed by atoms with Crippen LogP contribution in [0.15, 0.2) is 18.2 Å². The molecule has 0 amide bonds. The van der Waals surface area contributed by atoms with E-state index in [1.807, 2.05) is 11.9 Å². The van der Waals surface area contributed by atoms with Gasteiger partial charge in [-0.3, -0.25) is 4.90 Å². The molecule has 1 aromatic carbocycles. The molecule has 2 rings (SSSR count). The van der Waals surface area contributed by atoms with E-state index in [0.29, 0.717) is 12.2 Å². The highest BCUT2D eigenvalue weighted by molar-refractivity contribution is 5.48. The van der Waals surface area contributed by atoms with Crippen LogP contribution in [0.25, 0.3) is 0 Å². The molecule has 4 nitrogen and oxygen atoms in total. The van der Waals surface area contributed by atoms with Crippen LogP contribution in [0.5, 0.6) is 0 Å². The van der Waals surface area contributed by atoms with Crippen LogP contribution in [0.2, 0.25) is 0 Å². The molecular weight excluding hydrogens is 276 g/mol. The van der Waals surface area contributed by atoms with E-state index in [1.165, 1.54) is 12.1 Å². The maximum Gasteiger partial charge on any atom is 0.149 e. The van der Waals surface area contributed by atoms with Gasteiger partial charge in [-0.05, 0) is 19.2 Å². The Kier molecular flexibility index (Phi) is 5.90. The summed E-state index contributed by atoms with van der Waals surface area (Å²) in [6, 6.07) is 3.75. The third kappa shape index (κ3) is 4.62. The summed E-state index contributed by atoms with van der Waals surface area (Å²) in [6.07, 6.45) is 0. The second-order valence-electron chi connectivity index (χ2n) is 5.45. The normalized spacial score (nSPS) is 16.7. The predicted octanol–water partition coefficient (Wildman–Crippen LogP) is 1.01. The molecule has 1 aliphatic heterocycles. The number of nitrogens with zero attached hydrogens (tertiary/aromatic N) is 3. The van der Waals surface area contributed by atoms with Crippen LogP contribution in [-0.4, -0.2) is 74.4 Å². The number of likely N-dealkylation sites (N-methyl/N-ethyl adjacent to an activating group) is 1. The Morgan fingerprint density at radius 2 is 1.86 bits per heavy atom. The molecule has 1 aliphatic rings. The number of anilines is 1. The molecule has 1 aromatic rings. The van der Waals surface area contributed by atoms with Crippen LogP contribution < -0.4 is 4.90 Å². The van der Waals surface area contributed by atoms with Crippen molar-refractivity contribution in [2.75, 3.05) is 64.4 Å². The second-order valence-corrected chi connectivity index (χ2v) is 5.45. The van der Waals surface area contributed by atoms with E-state index >= 15 is 0 Å². The molecule has 0 spiro atoms. The second kappa shape index (κ2) is 7.68. The minimum atomic E-state index is -0.540. The van der Waals surface area contributed by atoms with Gasteiger partial charge in [-0.25, -0.2) is 8.78 Å². The highest BCUT2D eigenvalue weighted by Crippen LogP contribution is 2.21. The molecule has 0 aliphatic carbocycles. The van der Waals surface area contributed by atoms with Gasteiger partial charge in [0.1, 0.15) is 11.6 Å². The van der Waals surface area contributed by atoms with Crippen molar-refractivity contribution in [1.82, 2.24) is 9.80 Å². The SMILES string of the molecule is CN(CCO)CCN1CCN(c2ccc(F)cc2F)CC1. The molecule has 0 bridgehead atoms. The smallest absolute Gasteiger partial charge is 0.149 e. The Bertz CT molecular complexity index is 451. The fraction of sp³-hybridized carbons (Fsp3) is 0.600. The fourth-order valence-electron chi connectivity index (χ4n) is 2.54. The lowest BCUT2D eigenvalue weighted by atomic mass is 10.2. The average Bonchev–Trinajstić information content (AvgIpc) is 2.46. The molecule has 0 radical (unpaired) electrons. The van der Waals surface area contributed by atoms with Crippen molar-refractivity contribution in [1.29, 1.82) is 0 Å². The average molecular weight is 299 g/mol. The summed E-state index contributed by atoms with van der Waals surface area (Å²) in [5.41, 5.74) is 0.480. The van der Waals surface area contributed by atoms with Gasteiger partial charge in [0.15, 0.2) is 0 Å². The zero-order chi connectivity index (χ0) is 15.2. The third-order valence-corrected chi connectivity index (χ3v) is 3.90. The molecule has 1 fully saturated rings. The lowest BCUT2D eigenvalue weighted by molar-refractivity contribution is 0.186. The van der Waals surface area contributed by atoms with Crippen LogP contribution in [-0.2, 0) is 0 Å². The zero-order valence-electron chi connectivity index (χ0n) is 12.4. The number of piperazine rings is 1. The lowest BCUT2D eigenvalue weighted by Gasteiger charge is -2.36. The largest absolute Gasteiger partial charge is 0.395 e. The Morgan fingerprint density at radius 3 is 2.48 bits per heavy atom. The monoisotopic (exact) mass is 299 g/mol. The van der Waals surface area contributed by atoms with Gasteiger partial charge in [0.05, 0.1) is 12.3 Å². The molecule has 0 atom stereocenters. The number of hydrogen-bond donors (Lipinski definition) is 1. The topological polar surface area (TPSA) is 30.0 Å². The molecule has 1 N–H and O–H groups in total. The zero-order valence-corrected chi connectivity index (χ0v) is 12.4. The van der Waals surface area contributed by atoms with Crippen LogP contribution in [0.3, 0.4) is 0 Å². The molecule has 1 saturated heterocycles. The molecule has 118 valence electrons. The third-order valence-electron chi connectivity index (χ3n) is 3.90. The van der Waals surface area contributed by atoms with Crippen molar-refractivity contribution in [2.45, 2.75) is 0 Å². The van der Waals surface area contributed by atoms with Gasteiger partial charge in [0.2, 0.25) is 0 Å². The summed E-state index contributed by atoms with van der Waals surface area (Å²) >= 11 is 0. The van der Waals surface area contributed by atoms with Crippen molar-refractivity contribution < 1.29 is 13.9 Å². The summed E-state index contributed by atoms with van der Waals surface area (Å²) in [5, 5.41) is 8.86. The first-order valence-corrected chi connectivity index (χ1v) is 7.32. The van der Waals surface area contributed by atoms with Crippen LogP contribution in [0.1, 0.15) is 0 Å². The predicted molar refractivity (Wildman–Crippen MR) is 79.6 cm³/mol. The number of benzene rings is 1. The maximum absolute atomic E-state index is 13.7. The van der Waals surface area contributed by atoms with E-state index < -0.39 is 11.6 Å². The number of hydrogen-bond acceptors (Lipinski definition) is 4.